The van der Waals surface area contributed by atoms with Crippen LogP contribution in [0, 0.1) is 6.92 Å². The average molecular weight is 530 g/mol. The van der Waals surface area contributed by atoms with Gasteiger partial charge in [-0.2, -0.15) is 0 Å². The van der Waals surface area contributed by atoms with Crippen molar-refractivity contribution in [2.24, 2.45) is 0 Å². The lowest BCUT2D eigenvalue weighted by atomic mass is 10.1. The fourth-order valence-electron chi connectivity index (χ4n) is 4.85. The molecule has 3 heterocycles. The summed E-state index contributed by atoms with van der Waals surface area (Å²) in [5.74, 6) is 0.833. The number of ether oxygens (including phenoxy) is 1. The summed E-state index contributed by atoms with van der Waals surface area (Å²) in [6, 6.07) is 20.4. The topological polar surface area (TPSA) is 66.1 Å². The normalized spacial score (nSPS) is 17.9. The van der Waals surface area contributed by atoms with Gasteiger partial charge in [0.25, 0.3) is 0 Å². The van der Waals surface area contributed by atoms with Crippen LogP contribution in [0.4, 0.5) is 16.5 Å². The van der Waals surface area contributed by atoms with Gasteiger partial charge in [0.2, 0.25) is 0 Å². The third-order valence-electron chi connectivity index (χ3n) is 6.60. The number of nitrogens with zero attached hydrogens (tertiary/aromatic N) is 3. The number of anilines is 3. The van der Waals surface area contributed by atoms with E-state index in [0.29, 0.717) is 0 Å². The van der Waals surface area contributed by atoms with Crippen LogP contribution in [0.15, 0.2) is 66.9 Å². The quantitative estimate of drug-likeness (QED) is 0.244. The van der Waals surface area contributed by atoms with E-state index in [1.165, 1.54) is 0 Å². The van der Waals surface area contributed by atoms with E-state index >= 15 is 0 Å². The Morgan fingerprint density at radius 3 is 2.62 bits per heavy atom. The van der Waals surface area contributed by atoms with Crippen molar-refractivity contribution in [2.75, 3.05) is 23.3 Å². The van der Waals surface area contributed by atoms with Crippen LogP contribution in [0.1, 0.15) is 19.4 Å². The number of thiazole rings is 1. The minimum atomic E-state index is 0.196. The number of fused-ring (bicyclic) bond motifs is 1. The van der Waals surface area contributed by atoms with Crippen LogP contribution in [0.2, 0.25) is 5.02 Å². The molecule has 0 aliphatic carbocycles. The van der Waals surface area contributed by atoms with Crippen LogP contribution in [0.3, 0.4) is 0 Å². The second-order valence-corrected chi connectivity index (χ2v) is 11.0. The molecule has 0 saturated carbocycles. The molecule has 0 bridgehead atoms. The van der Waals surface area contributed by atoms with Gasteiger partial charge in [-0.05, 0) is 68.3 Å². The van der Waals surface area contributed by atoms with Crippen molar-refractivity contribution in [2.45, 2.75) is 33.0 Å². The van der Waals surface area contributed by atoms with Crippen LogP contribution in [-0.2, 0) is 4.74 Å². The molecule has 188 valence electrons. The summed E-state index contributed by atoms with van der Waals surface area (Å²) in [5.41, 5.74) is 7.26. The lowest BCUT2D eigenvalue weighted by Gasteiger charge is -2.35. The molecule has 2 N–H and O–H groups in total. The summed E-state index contributed by atoms with van der Waals surface area (Å²) >= 11 is 7.78. The monoisotopic (exact) mass is 529 g/mol. The zero-order valence-electron chi connectivity index (χ0n) is 21.0. The minimum absolute atomic E-state index is 0.196. The third-order valence-corrected chi connectivity index (χ3v) is 8.01. The molecule has 0 unspecified atom stereocenters. The fourth-order valence-corrected chi connectivity index (χ4v) is 6.03. The first kappa shape index (κ1) is 24.0. The number of hydrogen-bond donors (Lipinski definition) is 2. The smallest absolute Gasteiger partial charge is 0.186 e. The van der Waals surface area contributed by atoms with Gasteiger partial charge >= 0.3 is 0 Å². The van der Waals surface area contributed by atoms with E-state index in [1.807, 2.05) is 30.5 Å². The third kappa shape index (κ3) is 4.94. The molecule has 1 saturated heterocycles. The first-order valence-electron chi connectivity index (χ1n) is 12.4. The number of H-pyrrole nitrogens is 1. The van der Waals surface area contributed by atoms with Crippen molar-refractivity contribution in [3.63, 3.8) is 0 Å². The maximum atomic E-state index is 6.05. The Balaban J connectivity index is 1.29. The number of nitrogens with one attached hydrogen (secondary N) is 2. The number of hydrogen-bond acceptors (Lipinski definition) is 6. The molecule has 0 spiro atoms. The standard InChI is InChI=1S/C29H28ClN5OS/c1-17-7-12-22(13-23(17)28-31-14-26(33-28)20-8-10-21(30)11-9-20)32-24-5-4-6-25-27(24)37-29(34-25)35-15-18(2)36-19(3)16-35/h4-14,18-19,32H,15-16H2,1-3H3,(H,31,33)/t18-,19+. The Hall–Kier alpha value is -3.39. The zero-order valence-corrected chi connectivity index (χ0v) is 22.5. The van der Waals surface area contributed by atoms with E-state index in [2.05, 4.69) is 77.4 Å². The summed E-state index contributed by atoms with van der Waals surface area (Å²) in [4.78, 5) is 15.4. The maximum absolute atomic E-state index is 6.05. The van der Waals surface area contributed by atoms with E-state index in [0.717, 1.165) is 73.0 Å². The van der Waals surface area contributed by atoms with Gasteiger partial charge in [0.15, 0.2) is 5.13 Å². The first-order valence-corrected chi connectivity index (χ1v) is 13.6. The Morgan fingerprint density at radius 2 is 1.84 bits per heavy atom. The predicted molar refractivity (Wildman–Crippen MR) is 154 cm³/mol. The fraction of sp³-hybridized carbons (Fsp3) is 0.241. The number of rotatable bonds is 5. The van der Waals surface area contributed by atoms with E-state index in [-0.39, 0.29) is 12.2 Å². The molecule has 3 aromatic carbocycles. The van der Waals surface area contributed by atoms with E-state index < -0.39 is 0 Å². The molecule has 1 fully saturated rings. The van der Waals surface area contributed by atoms with Gasteiger partial charge in [-0.3, -0.25) is 0 Å². The van der Waals surface area contributed by atoms with Crippen molar-refractivity contribution in [3.05, 3.63) is 77.4 Å². The number of imidazole rings is 1. The average Bonchev–Trinajstić information content (AvgIpc) is 3.53. The molecule has 1 aliphatic heterocycles. The molecular formula is C29H28ClN5OS. The highest BCUT2D eigenvalue weighted by Crippen LogP contribution is 2.37. The van der Waals surface area contributed by atoms with E-state index in [1.54, 1.807) is 11.3 Å². The highest BCUT2D eigenvalue weighted by atomic mass is 35.5. The van der Waals surface area contributed by atoms with Gasteiger partial charge in [0, 0.05) is 29.4 Å². The van der Waals surface area contributed by atoms with Crippen LogP contribution < -0.4 is 10.2 Å². The van der Waals surface area contributed by atoms with Gasteiger partial charge < -0.3 is 19.9 Å². The Morgan fingerprint density at radius 1 is 1.05 bits per heavy atom. The molecule has 0 amide bonds. The van der Waals surface area contributed by atoms with Gasteiger partial charge in [0.1, 0.15) is 5.82 Å². The Labute approximate surface area is 225 Å². The molecule has 5 aromatic rings. The van der Waals surface area contributed by atoms with Crippen LogP contribution in [-0.4, -0.2) is 40.2 Å². The molecule has 8 heteroatoms. The Kier molecular flexibility index (Phi) is 6.36. The van der Waals surface area contributed by atoms with Crippen molar-refractivity contribution in [1.29, 1.82) is 0 Å². The largest absolute Gasteiger partial charge is 0.372 e. The molecule has 1 aliphatic rings. The molecule has 6 nitrogen and oxygen atoms in total. The minimum Gasteiger partial charge on any atom is -0.372 e. The van der Waals surface area contributed by atoms with Crippen LogP contribution >= 0.6 is 22.9 Å². The number of aromatic amines is 1. The highest BCUT2D eigenvalue weighted by molar-refractivity contribution is 7.22. The second-order valence-electron chi connectivity index (χ2n) is 9.62. The van der Waals surface area contributed by atoms with Crippen molar-refractivity contribution >= 4 is 49.7 Å². The summed E-state index contributed by atoms with van der Waals surface area (Å²) in [7, 11) is 0. The predicted octanol–water partition coefficient (Wildman–Crippen LogP) is 7.67. The maximum Gasteiger partial charge on any atom is 0.186 e. The van der Waals surface area contributed by atoms with E-state index in [4.69, 9.17) is 21.3 Å². The van der Waals surface area contributed by atoms with E-state index in [9.17, 15) is 0 Å². The van der Waals surface area contributed by atoms with Crippen LogP contribution in [0.25, 0.3) is 32.9 Å². The van der Waals surface area contributed by atoms with Crippen molar-refractivity contribution in [1.82, 2.24) is 15.0 Å². The van der Waals surface area contributed by atoms with Crippen LogP contribution in [0.5, 0.6) is 0 Å². The summed E-state index contributed by atoms with van der Waals surface area (Å²) < 4.78 is 7.06. The molecular weight excluding hydrogens is 502 g/mol. The van der Waals surface area contributed by atoms with Gasteiger partial charge in [-0.15, -0.1) is 0 Å². The lowest BCUT2D eigenvalue weighted by molar-refractivity contribution is -0.00521. The van der Waals surface area contributed by atoms with Gasteiger partial charge in [-0.25, -0.2) is 9.97 Å². The number of morpholine rings is 1. The number of halogens is 1. The summed E-state index contributed by atoms with van der Waals surface area (Å²) in [6.45, 7) is 8.06. The highest BCUT2D eigenvalue weighted by Gasteiger charge is 2.25. The zero-order chi connectivity index (χ0) is 25.5. The second kappa shape index (κ2) is 9.82. The van der Waals surface area contributed by atoms with Gasteiger partial charge in [-0.1, -0.05) is 47.2 Å². The summed E-state index contributed by atoms with van der Waals surface area (Å²) in [6.07, 6.45) is 2.26. The van der Waals surface area contributed by atoms with Crippen molar-refractivity contribution in [3.8, 4) is 22.6 Å². The molecule has 0 radical (unpaired) electrons. The molecule has 2 atom stereocenters. The SMILES string of the molecule is Cc1ccc(Nc2cccc3nc(N4C[C@@H](C)O[C@@H](C)C4)sc23)cc1-c1ncc(-c2ccc(Cl)cc2)[nH]1. The molecule has 6 rings (SSSR count). The van der Waals surface area contributed by atoms with Gasteiger partial charge in [0.05, 0.1) is 40.0 Å². The Bertz CT molecular complexity index is 1550. The summed E-state index contributed by atoms with van der Waals surface area (Å²) in [5, 5.41) is 5.39. The molecule has 37 heavy (non-hydrogen) atoms. The van der Waals surface area contributed by atoms with Crippen molar-refractivity contribution < 1.29 is 4.74 Å². The lowest BCUT2D eigenvalue weighted by Crippen LogP contribution is -2.45. The molecule has 2 aromatic heterocycles. The first-order chi connectivity index (χ1) is 17.9. The number of aryl methyl sites for hydroxylation is 1. The number of aromatic nitrogens is 3. The number of benzene rings is 3.